The number of rotatable bonds is 14. The number of aromatic nitrogens is 1. The zero-order chi connectivity index (χ0) is 33.5. The van der Waals surface area contributed by atoms with E-state index in [2.05, 4.69) is 96.7 Å². The van der Waals surface area contributed by atoms with Crippen LogP contribution in [0.3, 0.4) is 0 Å². The molecular formula is C41H52N5O. The molecule has 0 bridgehead atoms. The lowest BCUT2D eigenvalue weighted by molar-refractivity contribution is -0.115. The van der Waals surface area contributed by atoms with Crippen LogP contribution in [-0.2, 0) is 4.84 Å². The predicted molar refractivity (Wildman–Crippen MR) is 200 cm³/mol. The highest BCUT2D eigenvalue weighted by atomic mass is 16.7. The maximum absolute atomic E-state index is 6.18. The molecule has 0 aliphatic carbocycles. The number of benzene rings is 1. The summed E-state index contributed by atoms with van der Waals surface area (Å²) in [6.07, 6.45) is 20.7. The summed E-state index contributed by atoms with van der Waals surface area (Å²) in [5.74, 6) is 3.03. The second-order valence-electron chi connectivity index (χ2n) is 11.1. The lowest BCUT2D eigenvalue weighted by Crippen LogP contribution is -2.37. The Bertz CT molecular complexity index is 1540. The van der Waals surface area contributed by atoms with Crippen molar-refractivity contribution in [3.05, 3.63) is 144 Å². The monoisotopic (exact) mass is 630 g/mol. The largest absolute Gasteiger partial charge is 0.376 e. The molecule has 1 N–H and O–H groups in total. The maximum atomic E-state index is 6.18. The molecule has 0 amide bonds. The number of nitrogens with zero attached hydrogens (tertiary/aromatic N) is 4. The summed E-state index contributed by atoms with van der Waals surface area (Å²) in [6, 6.07) is 14.0. The zero-order valence-electron chi connectivity index (χ0n) is 27.6. The van der Waals surface area contributed by atoms with Crippen LogP contribution in [0.5, 0.6) is 0 Å². The summed E-state index contributed by atoms with van der Waals surface area (Å²) in [7, 11) is 0. The Morgan fingerprint density at radius 3 is 2.60 bits per heavy atom. The van der Waals surface area contributed by atoms with Gasteiger partial charge in [-0.25, -0.2) is 5.06 Å². The molecule has 0 saturated carbocycles. The fourth-order valence-corrected chi connectivity index (χ4v) is 4.07. The van der Waals surface area contributed by atoms with Gasteiger partial charge in [0.2, 0.25) is 0 Å². The topological polar surface area (TPSA) is 53.0 Å². The van der Waals surface area contributed by atoms with Gasteiger partial charge in [0.25, 0.3) is 0 Å². The molecule has 47 heavy (non-hydrogen) atoms. The van der Waals surface area contributed by atoms with Gasteiger partial charge >= 0.3 is 0 Å². The normalized spacial score (nSPS) is 12.9. The van der Waals surface area contributed by atoms with Gasteiger partial charge in [-0.05, 0) is 53.3 Å². The van der Waals surface area contributed by atoms with Crippen molar-refractivity contribution in [1.29, 1.82) is 0 Å². The Labute approximate surface area is 285 Å². The van der Waals surface area contributed by atoms with E-state index in [1.54, 1.807) is 6.20 Å². The summed E-state index contributed by atoms with van der Waals surface area (Å²) in [4.78, 5) is 17.4. The lowest BCUT2D eigenvalue weighted by atomic mass is 9.95. The van der Waals surface area contributed by atoms with E-state index in [0.717, 1.165) is 54.2 Å². The molecule has 1 aromatic heterocycles. The number of nitrogens with one attached hydrogen (secondary N) is 1. The van der Waals surface area contributed by atoms with Crippen LogP contribution in [0.4, 0.5) is 0 Å². The molecule has 2 aromatic rings. The molecule has 6 nitrogen and oxygen atoms in total. The Balaban J connectivity index is 0.00000111. The number of pyridine rings is 1. The van der Waals surface area contributed by atoms with Crippen LogP contribution in [-0.4, -0.2) is 60.1 Å². The Kier molecular flexibility index (Phi) is 19.6. The highest BCUT2D eigenvalue weighted by Gasteiger charge is 2.27. The van der Waals surface area contributed by atoms with Gasteiger partial charge in [-0.1, -0.05) is 95.8 Å². The Morgan fingerprint density at radius 1 is 1.17 bits per heavy atom. The Hall–Kier alpha value is -5.22. The van der Waals surface area contributed by atoms with Gasteiger partial charge in [0, 0.05) is 51.0 Å². The molecule has 0 spiro atoms. The van der Waals surface area contributed by atoms with E-state index < -0.39 is 0 Å². The van der Waals surface area contributed by atoms with Crippen molar-refractivity contribution < 1.29 is 6.26 Å². The molecule has 2 heterocycles. The van der Waals surface area contributed by atoms with E-state index >= 15 is 0 Å². The number of hydrogen-bond donors (Lipinski definition) is 1. The van der Waals surface area contributed by atoms with E-state index in [1.165, 1.54) is 0 Å². The third-order valence-corrected chi connectivity index (χ3v) is 6.50. The molecule has 3 rings (SSSR count). The van der Waals surface area contributed by atoms with Gasteiger partial charge in [-0.15, -0.1) is 18.7 Å². The minimum absolute atomic E-state index is 0. The lowest BCUT2D eigenvalue weighted by Gasteiger charge is -2.26. The van der Waals surface area contributed by atoms with Crippen molar-refractivity contribution in [2.45, 2.75) is 41.0 Å². The van der Waals surface area contributed by atoms with Gasteiger partial charge in [-0.2, -0.15) is 0 Å². The standard InChI is InChI=1S/C26H30N4O.C14H16N.CH4.H2/c1-5-21(15-22-11-10-14-27-16-22)17-28-24(6-2)18-30-25(23-12-8-7-9-13-23)29-19-26(3,4)20-31-30;1-4-7-9-10-11-14-15(12-6-3)13-8-5-2;;/h5,7-16,28H,1-2,17-20H2,3-4H3;1,5,14H,2,6,8,12-13H2,3H3;1H4;1H/b21-15+;;;. The molecule has 1 aliphatic heterocycles. The van der Waals surface area contributed by atoms with Crippen molar-refractivity contribution in [1.82, 2.24) is 20.3 Å². The SMILES string of the molecule is C.C#C[C]=C=C=C=CN(CCC)CCC=C.C=C=C(CN1OCC(C)(C)CN=C1c1ccccc1)NC/C(C=C)=C/c1cccnc1.[HH]. The highest BCUT2D eigenvalue weighted by molar-refractivity contribution is 5.98. The summed E-state index contributed by atoms with van der Waals surface area (Å²) < 4.78 is 0. The first-order chi connectivity index (χ1) is 22.3. The van der Waals surface area contributed by atoms with Crippen molar-refractivity contribution >= 4 is 11.9 Å². The first kappa shape index (κ1) is 39.8. The third kappa shape index (κ3) is 16.1. The van der Waals surface area contributed by atoms with Crippen LogP contribution in [0.15, 0.2) is 132 Å². The smallest absolute Gasteiger partial charge is 0.155 e. The average molecular weight is 631 g/mol. The molecule has 0 saturated heterocycles. The molecule has 1 aliphatic rings. The minimum atomic E-state index is -0.0390. The number of amidine groups is 1. The fourth-order valence-electron chi connectivity index (χ4n) is 4.07. The van der Waals surface area contributed by atoms with Crippen LogP contribution >= 0.6 is 0 Å². The third-order valence-electron chi connectivity index (χ3n) is 6.50. The molecule has 0 fully saturated rings. The van der Waals surface area contributed by atoms with E-state index in [0.29, 0.717) is 26.2 Å². The van der Waals surface area contributed by atoms with Crippen molar-refractivity contribution in [2.75, 3.05) is 39.3 Å². The van der Waals surface area contributed by atoms with Crippen molar-refractivity contribution in [3.63, 3.8) is 0 Å². The first-order valence-electron chi connectivity index (χ1n) is 15.4. The average Bonchev–Trinajstić information content (AvgIpc) is 3.23. The Morgan fingerprint density at radius 2 is 1.96 bits per heavy atom. The van der Waals surface area contributed by atoms with Crippen molar-refractivity contribution in [2.24, 2.45) is 10.4 Å². The summed E-state index contributed by atoms with van der Waals surface area (Å²) in [5.41, 5.74) is 15.0. The number of terminal acetylenes is 1. The zero-order valence-corrected chi connectivity index (χ0v) is 27.6. The maximum Gasteiger partial charge on any atom is 0.155 e. The number of allylic oxidation sites excluding steroid dienone is 1. The van der Waals surface area contributed by atoms with E-state index in [1.807, 2.05) is 72.1 Å². The second-order valence-corrected chi connectivity index (χ2v) is 11.1. The highest BCUT2D eigenvalue weighted by Crippen LogP contribution is 2.22. The fraction of sp³-hybridized carbons (Fsp3) is 0.317. The molecule has 247 valence electrons. The van der Waals surface area contributed by atoms with Crippen LogP contribution in [0.25, 0.3) is 6.08 Å². The summed E-state index contributed by atoms with van der Waals surface area (Å²) in [6.45, 7) is 22.2. The van der Waals surface area contributed by atoms with E-state index in [9.17, 15) is 0 Å². The quantitative estimate of drug-likeness (QED) is 0.0987. The molecule has 1 radical (unpaired) electrons. The molecule has 1 aromatic carbocycles. The van der Waals surface area contributed by atoms with E-state index in [-0.39, 0.29) is 14.3 Å². The van der Waals surface area contributed by atoms with Crippen LogP contribution < -0.4 is 5.32 Å². The number of aliphatic imine (C=N–C) groups is 1. The first-order valence-corrected chi connectivity index (χ1v) is 15.4. The second kappa shape index (κ2) is 23.2. The molecular weight excluding hydrogens is 578 g/mol. The van der Waals surface area contributed by atoms with Crippen LogP contribution in [0, 0.1) is 23.8 Å². The number of hydrogen-bond acceptors (Lipinski definition) is 6. The summed E-state index contributed by atoms with van der Waals surface area (Å²) >= 11 is 0. The van der Waals surface area contributed by atoms with E-state index in [4.69, 9.17) is 16.3 Å². The van der Waals surface area contributed by atoms with Gasteiger partial charge in [0.1, 0.15) is 0 Å². The number of hydroxylamine groups is 2. The predicted octanol–water partition coefficient (Wildman–Crippen LogP) is 8.20. The molecule has 0 unspecified atom stereocenters. The van der Waals surface area contributed by atoms with Gasteiger partial charge in [-0.3, -0.25) is 14.8 Å². The van der Waals surface area contributed by atoms with Crippen LogP contribution in [0.2, 0.25) is 0 Å². The van der Waals surface area contributed by atoms with Crippen molar-refractivity contribution in [3.8, 4) is 12.3 Å². The van der Waals surface area contributed by atoms with Gasteiger partial charge in [0.15, 0.2) is 5.84 Å². The van der Waals surface area contributed by atoms with Gasteiger partial charge < -0.3 is 10.2 Å². The van der Waals surface area contributed by atoms with Crippen LogP contribution in [0.1, 0.15) is 53.6 Å². The molecule has 6 heteroatoms. The molecule has 0 atom stereocenters. The minimum Gasteiger partial charge on any atom is -0.376 e. The summed E-state index contributed by atoms with van der Waals surface area (Å²) in [5, 5.41) is 5.24. The van der Waals surface area contributed by atoms with Gasteiger partial charge in [0.05, 0.1) is 31.1 Å².